The van der Waals surface area contributed by atoms with Gasteiger partial charge in [0.25, 0.3) is 5.91 Å². The van der Waals surface area contributed by atoms with Crippen molar-refractivity contribution in [3.05, 3.63) is 65.0 Å². The van der Waals surface area contributed by atoms with Crippen molar-refractivity contribution in [1.82, 2.24) is 15.4 Å². The fourth-order valence-corrected chi connectivity index (χ4v) is 3.16. The van der Waals surface area contributed by atoms with Gasteiger partial charge in [-0.25, -0.2) is 4.39 Å². The van der Waals surface area contributed by atoms with Gasteiger partial charge in [-0.05, 0) is 43.2 Å². The van der Waals surface area contributed by atoms with Crippen molar-refractivity contribution in [1.29, 1.82) is 0 Å². The molecule has 130 valence electrons. The van der Waals surface area contributed by atoms with E-state index >= 15 is 0 Å². The predicted molar refractivity (Wildman–Crippen MR) is 95.0 cm³/mol. The maximum atomic E-state index is 13.1. The number of rotatable bonds is 6. The lowest BCUT2D eigenvalue weighted by atomic mass is 10.1. The Balaban J connectivity index is 1.66. The quantitative estimate of drug-likeness (QED) is 0.731. The molecule has 1 atom stereocenters. The van der Waals surface area contributed by atoms with Crippen LogP contribution in [0.4, 0.5) is 4.39 Å². The van der Waals surface area contributed by atoms with E-state index in [0.717, 1.165) is 10.4 Å². The van der Waals surface area contributed by atoms with E-state index in [1.807, 2.05) is 36.5 Å². The van der Waals surface area contributed by atoms with Gasteiger partial charge in [-0.3, -0.25) is 4.79 Å². The molecule has 0 saturated carbocycles. The first kappa shape index (κ1) is 17.3. The third kappa shape index (κ3) is 4.12. The Labute approximate surface area is 149 Å². The molecular formula is C18H18FN3O2S. The normalized spacial score (nSPS) is 12.3. The molecule has 25 heavy (non-hydrogen) atoms. The van der Waals surface area contributed by atoms with Crippen LogP contribution in [-0.4, -0.2) is 36.6 Å². The zero-order chi connectivity index (χ0) is 17.8. The molecule has 0 spiro atoms. The van der Waals surface area contributed by atoms with Crippen molar-refractivity contribution >= 4 is 17.2 Å². The number of hydrogen-bond acceptors (Lipinski definition) is 5. The van der Waals surface area contributed by atoms with Crippen LogP contribution in [0.2, 0.25) is 0 Å². The van der Waals surface area contributed by atoms with Crippen LogP contribution in [0.15, 0.2) is 52.4 Å². The Bertz CT molecular complexity index is 828. The monoisotopic (exact) mass is 359 g/mol. The Kier molecular flexibility index (Phi) is 5.25. The van der Waals surface area contributed by atoms with E-state index < -0.39 is 0 Å². The zero-order valence-electron chi connectivity index (χ0n) is 13.9. The molecular weight excluding hydrogens is 341 g/mol. The smallest absolute Gasteiger partial charge is 0.289 e. The van der Waals surface area contributed by atoms with E-state index in [1.54, 1.807) is 18.2 Å². The number of nitrogens with one attached hydrogen (secondary N) is 1. The van der Waals surface area contributed by atoms with Crippen LogP contribution < -0.4 is 5.32 Å². The SMILES string of the molecule is CN(C)C(CNC(=O)c1cc(-c2cccs2)no1)c1ccc(F)cc1. The Morgan fingerprint density at radius 3 is 2.72 bits per heavy atom. The van der Waals surface area contributed by atoms with E-state index in [2.05, 4.69) is 10.5 Å². The number of nitrogens with zero attached hydrogens (tertiary/aromatic N) is 2. The van der Waals surface area contributed by atoms with Gasteiger partial charge in [-0.1, -0.05) is 23.4 Å². The van der Waals surface area contributed by atoms with Crippen LogP contribution >= 0.6 is 11.3 Å². The minimum atomic E-state index is -0.329. The number of hydrogen-bond donors (Lipinski definition) is 1. The second-order valence-corrected chi connectivity index (χ2v) is 6.74. The highest BCUT2D eigenvalue weighted by Crippen LogP contribution is 2.24. The zero-order valence-corrected chi connectivity index (χ0v) is 14.7. The number of aromatic nitrogens is 1. The van der Waals surface area contributed by atoms with Gasteiger partial charge in [0.2, 0.25) is 5.76 Å². The van der Waals surface area contributed by atoms with Gasteiger partial charge in [-0.2, -0.15) is 0 Å². The fraction of sp³-hybridized carbons (Fsp3) is 0.222. The van der Waals surface area contributed by atoms with Gasteiger partial charge in [0.05, 0.1) is 10.9 Å². The van der Waals surface area contributed by atoms with Crippen LogP contribution in [0, 0.1) is 5.82 Å². The van der Waals surface area contributed by atoms with Gasteiger partial charge in [0, 0.05) is 12.6 Å². The molecule has 7 heteroatoms. The predicted octanol–water partition coefficient (Wildman–Crippen LogP) is 3.57. The van der Waals surface area contributed by atoms with Gasteiger partial charge >= 0.3 is 0 Å². The van der Waals surface area contributed by atoms with Crippen molar-refractivity contribution < 1.29 is 13.7 Å². The van der Waals surface area contributed by atoms with Crippen molar-refractivity contribution in [3.63, 3.8) is 0 Å². The lowest BCUT2D eigenvalue weighted by Crippen LogP contribution is -2.34. The van der Waals surface area contributed by atoms with Crippen LogP contribution in [0.5, 0.6) is 0 Å². The number of amides is 1. The van der Waals surface area contributed by atoms with Crippen molar-refractivity contribution in [2.45, 2.75) is 6.04 Å². The first-order valence-electron chi connectivity index (χ1n) is 7.75. The standard InChI is InChI=1S/C18H18FN3O2S/c1-22(2)15(12-5-7-13(19)8-6-12)11-20-18(23)16-10-14(21-24-16)17-4-3-9-25-17/h3-10,15H,11H2,1-2H3,(H,20,23). The first-order valence-corrected chi connectivity index (χ1v) is 8.63. The third-order valence-electron chi connectivity index (χ3n) is 3.84. The number of carbonyl (C=O) groups is 1. The molecule has 0 aliphatic rings. The van der Waals surface area contributed by atoms with Gasteiger partial charge in [0.15, 0.2) is 0 Å². The lowest BCUT2D eigenvalue weighted by Gasteiger charge is -2.24. The number of carbonyl (C=O) groups excluding carboxylic acids is 1. The number of halogens is 1. The highest BCUT2D eigenvalue weighted by Gasteiger charge is 2.19. The minimum absolute atomic E-state index is 0.0794. The van der Waals surface area contributed by atoms with E-state index in [0.29, 0.717) is 12.2 Å². The summed E-state index contributed by atoms with van der Waals surface area (Å²) in [4.78, 5) is 15.2. The second-order valence-electron chi connectivity index (χ2n) is 5.79. The van der Waals surface area contributed by atoms with E-state index in [1.165, 1.54) is 23.5 Å². The molecule has 0 bridgehead atoms. The fourth-order valence-electron chi connectivity index (χ4n) is 2.48. The van der Waals surface area contributed by atoms with Crippen LogP contribution in [0.25, 0.3) is 10.6 Å². The molecule has 3 rings (SSSR count). The number of benzene rings is 1. The molecule has 3 aromatic rings. The van der Waals surface area contributed by atoms with Crippen LogP contribution in [0.3, 0.4) is 0 Å². The van der Waals surface area contributed by atoms with E-state index in [-0.39, 0.29) is 23.5 Å². The summed E-state index contributed by atoms with van der Waals surface area (Å²) in [6, 6.07) is 11.6. The summed E-state index contributed by atoms with van der Waals surface area (Å²) in [7, 11) is 3.81. The van der Waals surface area contributed by atoms with Crippen molar-refractivity contribution in [2.75, 3.05) is 20.6 Å². The maximum absolute atomic E-state index is 13.1. The molecule has 0 aliphatic carbocycles. The average molecular weight is 359 g/mol. The molecule has 0 aliphatic heterocycles. The number of thiophene rings is 1. The van der Waals surface area contributed by atoms with E-state index in [9.17, 15) is 9.18 Å². The maximum Gasteiger partial charge on any atom is 0.289 e. The third-order valence-corrected chi connectivity index (χ3v) is 4.73. The molecule has 2 aromatic heterocycles. The molecule has 0 saturated heterocycles. The Hall–Kier alpha value is -2.51. The summed E-state index contributed by atoms with van der Waals surface area (Å²) >= 11 is 1.53. The summed E-state index contributed by atoms with van der Waals surface area (Å²) in [6.07, 6.45) is 0. The molecule has 2 heterocycles. The molecule has 1 unspecified atom stereocenters. The highest BCUT2D eigenvalue weighted by molar-refractivity contribution is 7.13. The Morgan fingerprint density at radius 1 is 1.32 bits per heavy atom. The molecule has 0 radical (unpaired) electrons. The van der Waals surface area contributed by atoms with Gasteiger partial charge < -0.3 is 14.7 Å². The topological polar surface area (TPSA) is 58.4 Å². The van der Waals surface area contributed by atoms with Crippen molar-refractivity contribution in [3.8, 4) is 10.6 Å². The molecule has 1 aromatic carbocycles. The van der Waals surface area contributed by atoms with Crippen LogP contribution in [-0.2, 0) is 0 Å². The summed E-state index contributed by atoms with van der Waals surface area (Å²) in [5.74, 6) is -0.447. The molecule has 1 amide bonds. The highest BCUT2D eigenvalue weighted by atomic mass is 32.1. The van der Waals surface area contributed by atoms with Gasteiger partial charge in [0.1, 0.15) is 11.5 Å². The van der Waals surface area contributed by atoms with Gasteiger partial charge in [-0.15, -0.1) is 11.3 Å². The van der Waals surface area contributed by atoms with Crippen LogP contribution in [0.1, 0.15) is 22.2 Å². The first-order chi connectivity index (χ1) is 12.0. The minimum Gasteiger partial charge on any atom is -0.350 e. The summed E-state index contributed by atoms with van der Waals surface area (Å²) < 4.78 is 18.2. The Morgan fingerprint density at radius 2 is 2.08 bits per heavy atom. The van der Waals surface area contributed by atoms with Crippen molar-refractivity contribution in [2.24, 2.45) is 0 Å². The second kappa shape index (κ2) is 7.58. The largest absolute Gasteiger partial charge is 0.350 e. The summed E-state index contributed by atoms with van der Waals surface area (Å²) in [6.45, 7) is 0.368. The number of likely N-dealkylation sites (N-methyl/N-ethyl adjacent to an activating group) is 1. The molecule has 1 N–H and O–H groups in total. The molecule has 5 nitrogen and oxygen atoms in total. The lowest BCUT2D eigenvalue weighted by molar-refractivity contribution is 0.0905. The summed E-state index contributed by atoms with van der Waals surface area (Å²) in [5.41, 5.74) is 1.56. The van der Waals surface area contributed by atoms with E-state index in [4.69, 9.17) is 4.52 Å². The average Bonchev–Trinajstić information content (AvgIpc) is 3.27. The molecule has 0 fully saturated rings. The summed E-state index contributed by atoms with van der Waals surface area (Å²) in [5, 5.41) is 8.72.